The zero-order valence-corrected chi connectivity index (χ0v) is 15.4. The summed E-state index contributed by atoms with van der Waals surface area (Å²) >= 11 is 0. The highest BCUT2D eigenvalue weighted by atomic mass is 16.5. The number of amides is 1. The van der Waals surface area contributed by atoms with E-state index in [1.54, 1.807) is 11.8 Å². The maximum atomic E-state index is 12.5. The van der Waals surface area contributed by atoms with Gasteiger partial charge in [0.25, 0.3) is 0 Å². The van der Waals surface area contributed by atoms with Gasteiger partial charge in [0.15, 0.2) is 0 Å². The number of carbonyl (C=O) groups is 2. The number of benzene rings is 2. The largest absolute Gasteiger partial charge is 0.465 e. The van der Waals surface area contributed by atoms with Crippen LogP contribution in [-0.4, -0.2) is 36.5 Å². The quantitative estimate of drug-likeness (QED) is 0.702. The summed E-state index contributed by atoms with van der Waals surface area (Å²) in [6, 6.07) is 17.5. The van der Waals surface area contributed by atoms with Gasteiger partial charge in [0.05, 0.1) is 19.7 Å². The van der Waals surface area contributed by atoms with Gasteiger partial charge >= 0.3 is 5.97 Å². The third kappa shape index (κ3) is 6.33. The van der Waals surface area contributed by atoms with Crippen molar-refractivity contribution in [3.05, 3.63) is 65.7 Å². The van der Waals surface area contributed by atoms with E-state index in [1.807, 2.05) is 61.5 Å². The molecule has 1 amide bonds. The molecule has 0 aliphatic carbocycles. The minimum Gasteiger partial charge on any atom is -0.465 e. The summed E-state index contributed by atoms with van der Waals surface area (Å²) < 4.78 is 5.03. The van der Waals surface area contributed by atoms with Gasteiger partial charge in [0, 0.05) is 12.2 Å². The lowest BCUT2D eigenvalue weighted by Crippen LogP contribution is -2.37. The van der Waals surface area contributed by atoms with Crippen molar-refractivity contribution in [1.29, 1.82) is 0 Å². The molecule has 0 heterocycles. The lowest BCUT2D eigenvalue weighted by Gasteiger charge is -2.21. The van der Waals surface area contributed by atoms with Crippen LogP contribution >= 0.6 is 0 Å². The number of hydrogen-bond acceptors (Lipinski definition) is 4. The van der Waals surface area contributed by atoms with Gasteiger partial charge in [-0.3, -0.25) is 14.5 Å². The molecule has 26 heavy (non-hydrogen) atoms. The van der Waals surface area contributed by atoms with Crippen LogP contribution in [0.4, 0.5) is 5.69 Å². The summed E-state index contributed by atoms with van der Waals surface area (Å²) in [6.07, 6.45) is 0.840. The molecule has 0 saturated heterocycles. The van der Waals surface area contributed by atoms with Gasteiger partial charge in [-0.1, -0.05) is 55.5 Å². The first-order valence-electron chi connectivity index (χ1n) is 8.92. The molecular formula is C21H26N2O3. The molecular weight excluding hydrogens is 328 g/mol. The van der Waals surface area contributed by atoms with Crippen molar-refractivity contribution in [3.8, 4) is 0 Å². The van der Waals surface area contributed by atoms with Crippen LogP contribution < -0.4 is 5.32 Å². The van der Waals surface area contributed by atoms with E-state index in [1.165, 1.54) is 0 Å². The number of esters is 1. The number of nitrogens with zero attached hydrogens (tertiary/aromatic N) is 1. The highest BCUT2D eigenvalue weighted by molar-refractivity contribution is 5.93. The maximum Gasteiger partial charge on any atom is 0.320 e. The summed E-state index contributed by atoms with van der Waals surface area (Å²) in [5.41, 5.74) is 2.94. The summed E-state index contributed by atoms with van der Waals surface area (Å²) in [6.45, 7) is 4.84. The van der Waals surface area contributed by atoms with E-state index in [2.05, 4.69) is 5.32 Å². The predicted molar refractivity (Wildman–Crippen MR) is 103 cm³/mol. The van der Waals surface area contributed by atoms with Gasteiger partial charge in [-0.15, -0.1) is 0 Å². The number of aryl methyl sites for hydroxylation is 1. The first-order chi connectivity index (χ1) is 12.6. The molecule has 0 aliphatic rings. The second-order valence-corrected chi connectivity index (χ2v) is 5.99. The minimum atomic E-state index is -0.329. The first kappa shape index (κ1) is 19.7. The highest BCUT2D eigenvalue weighted by Gasteiger charge is 2.16. The molecule has 138 valence electrons. The molecule has 2 aromatic carbocycles. The molecule has 0 saturated carbocycles. The fraction of sp³-hybridized carbons (Fsp3) is 0.333. The van der Waals surface area contributed by atoms with Gasteiger partial charge in [-0.25, -0.2) is 0 Å². The van der Waals surface area contributed by atoms with Crippen molar-refractivity contribution in [1.82, 2.24) is 4.90 Å². The van der Waals surface area contributed by atoms with Crippen molar-refractivity contribution in [2.75, 3.05) is 25.0 Å². The molecule has 0 aliphatic heterocycles. The third-order valence-electron chi connectivity index (χ3n) is 3.95. The Balaban J connectivity index is 2.04. The van der Waals surface area contributed by atoms with Crippen LogP contribution in [0.1, 0.15) is 25.0 Å². The Labute approximate surface area is 155 Å². The fourth-order valence-corrected chi connectivity index (χ4v) is 2.74. The number of anilines is 1. The van der Waals surface area contributed by atoms with Gasteiger partial charge in [-0.2, -0.15) is 0 Å². The molecule has 2 aromatic rings. The molecule has 0 unspecified atom stereocenters. The van der Waals surface area contributed by atoms with Crippen LogP contribution in [0.5, 0.6) is 0 Å². The molecule has 5 heteroatoms. The van der Waals surface area contributed by atoms with Crippen LogP contribution in [0.15, 0.2) is 54.6 Å². The number of hydrogen-bond donors (Lipinski definition) is 1. The average molecular weight is 354 g/mol. The van der Waals surface area contributed by atoms with E-state index < -0.39 is 0 Å². The Kier molecular flexibility index (Phi) is 7.83. The molecule has 5 nitrogen and oxygen atoms in total. The number of rotatable bonds is 9. The van der Waals surface area contributed by atoms with Crippen LogP contribution in [0.2, 0.25) is 0 Å². The zero-order chi connectivity index (χ0) is 18.8. The minimum absolute atomic E-state index is 0.0750. The Hall–Kier alpha value is -2.66. The molecule has 1 N–H and O–H groups in total. The average Bonchev–Trinajstić information content (AvgIpc) is 2.63. The van der Waals surface area contributed by atoms with E-state index in [0.29, 0.717) is 13.2 Å². The van der Waals surface area contributed by atoms with Crippen LogP contribution in [-0.2, 0) is 27.3 Å². The van der Waals surface area contributed by atoms with E-state index >= 15 is 0 Å². The molecule has 0 aromatic heterocycles. The third-order valence-corrected chi connectivity index (χ3v) is 3.95. The lowest BCUT2D eigenvalue weighted by atomic mass is 10.1. The van der Waals surface area contributed by atoms with Crippen LogP contribution in [0, 0.1) is 0 Å². The highest BCUT2D eigenvalue weighted by Crippen LogP contribution is 2.15. The molecule has 0 spiro atoms. The summed E-state index contributed by atoms with van der Waals surface area (Å²) in [4.78, 5) is 26.2. The number of nitrogens with one attached hydrogen (secondary N) is 1. The Morgan fingerprint density at radius 3 is 2.35 bits per heavy atom. The molecule has 0 radical (unpaired) electrons. The second-order valence-electron chi connectivity index (χ2n) is 5.99. The van der Waals surface area contributed by atoms with E-state index in [4.69, 9.17) is 4.74 Å². The van der Waals surface area contributed by atoms with Crippen molar-refractivity contribution < 1.29 is 14.3 Å². The Morgan fingerprint density at radius 1 is 0.962 bits per heavy atom. The van der Waals surface area contributed by atoms with Gasteiger partial charge in [0.1, 0.15) is 0 Å². The second kappa shape index (κ2) is 10.4. The Morgan fingerprint density at radius 2 is 1.65 bits per heavy atom. The zero-order valence-electron chi connectivity index (χ0n) is 15.4. The number of ether oxygens (including phenoxy) is 1. The van der Waals surface area contributed by atoms with Crippen molar-refractivity contribution in [3.63, 3.8) is 0 Å². The van der Waals surface area contributed by atoms with Crippen LogP contribution in [0.3, 0.4) is 0 Å². The Bertz CT molecular complexity index is 716. The molecule has 0 bridgehead atoms. The summed E-state index contributed by atoms with van der Waals surface area (Å²) in [7, 11) is 0. The van der Waals surface area contributed by atoms with E-state index in [0.717, 1.165) is 23.2 Å². The van der Waals surface area contributed by atoms with Crippen LogP contribution in [0.25, 0.3) is 0 Å². The number of para-hydroxylation sites is 1. The molecule has 2 rings (SSSR count). The van der Waals surface area contributed by atoms with Crippen molar-refractivity contribution >= 4 is 17.6 Å². The molecule has 0 fully saturated rings. The SMILES string of the molecule is CCOC(=O)CN(CC(=O)Nc1ccccc1CC)Cc1ccccc1. The van der Waals surface area contributed by atoms with Crippen molar-refractivity contribution in [2.24, 2.45) is 0 Å². The monoisotopic (exact) mass is 354 g/mol. The summed E-state index contributed by atoms with van der Waals surface area (Å²) in [5, 5.41) is 2.95. The van der Waals surface area contributed by atoms with E-state index in [-0.39, 0.29) is 25.0 Å². The summed E-state index contributed by atoms with van der Waals surface area (Å²) in [5.74, 6) is -0.476. The number of carbonyl (C=O) groups excluding carboxylic acids is 2. The maximum absolute atomic E-state index is 12.5. The topological polar surface area (TPSA) is 58.6 Å². The lowest BCUT2D eigenvalue weighted by molar-refractivity contribution is -0.144. The predicted octanol–water partition coefficient (Wildman–Crippen LogP) is 3.25. The van der Waals surface area contributed by atoms with Gasteiger partial charge < -0.3 is 10.1 Å². The normalized spacial score (nSPS) is 10.6. The van der Waals surface area contributed by atoms with Gasteiger partial charge in [0.2, 0.25) is 5.91 Å². The van der Waals surface area contributed by atoms with Crippen molar-refractivity contribution in [2.45, 2.75) is 26.8 Å². The molecule has 0 atom stereocenters. The smallest absolute Gasteiger partial charge is 0.320 e. The fourth-order valence-electron chi connectivity index (χ4n) is 2.74. The first-order valence-corrected chi connectivity index (χ1v) is 8.92. The standard InChI is InChI=1S/C21H26N2O3/c1-3-18-12-8-9-13-19(18)22-20(24)15-23(16-21(25)26-4-2)14-17-10-6-5-7-11-17/h5-13H,3-4,14-16H2,1-2H3,(H,22,24). The van der Waals surface area contributed by atoms with E-state index in [9.17, 15) is 9.59 Å². The van der Waals surface area contributed by atoms with Gasteiger partial charge in [-0.05, 0) is 30.5 Å².